The summed E-state index contributed by atoms with van der Waals surface area (Å²) >= 11 is 2.99. The molecule has 0 aliphatic rings. The van der Waals surface area contributed by atoms with Crippen molar-refractivity contribution < 1.29 is 8.42 Å². The third-order valence-corrected chi connectivity index (χ3v) is 6.64. The first-order chi connectivity index (χ1) is 12.7. The summed E-state index contributed by atoms with van der Waals surface area (Å²) in [6, 6.07) is 6.46. The standard InChI is InChI=1S/C16H20N6O2S3/c1-10-14(11-4-6-12(7-5-11)27(17,23)24)26-15(18-10)19-16-21-20-13(25-16)8-9-22(2)3/h4-7H,8-9H2,1-3H3,(H2,17,23,24)(H,18,19,21). The zero-order valence-corrected chi connectivity index (χ0v) is 17.6. The molecule has 0 fully saturated rings. The van der Waals surface area contributed by atoms with Gasteiger partial charge in [-0.2, -0.15) is 0 Å². The van der Waals surface area contributed by atoms with Gasteiger partial charge in [0.05, 0.1) is 15.5 Å². The molecule has 0 aliphatic heterocycles. The minimum absolute atomic E-state index is 0.0888. The van der Waals surface area contributed by atoms with Crippen molar-refractivity contribution in [2.24, 2.45) is 5.14 Å². The van der Waals surface area contributed by atoms with Crippen molar-refractivity contribution in [1.82, 2.24) is 20.1 Å². The molecule has 0 amide bonds. The number of nitrogens with one attached hydrogen (secondary N) is 1. The maximum Gasteiger partial charge on any atom is 0.238 e. The van der Waals surface area contributed by atoms with E-state index in [1.165, 1.54) is 34.8 Å². The molecule has 0 radical (unpaired) electrons. The number of aromatic nitrogens is 3. The lowest BCUT2D eigenvalue weighted by Crippen LogP contribution is -2.14. The van der Waals surface area contributed by atoms with E-state index in [-0.39, 0.29) is 4.90 Å². The third kappa shape index (κ3) is 5.08. The molecule has 2 aromatic heterocycles. The molecule has 144 valence electrons. The van der Waals surface area contributed by atoms with E-state index in [4.69, 9.17) is 5.14 Å². The number of hydrogen-bond acceptors (Lipinski definition) is 9. The van der Waals surface area contributed by atoms with Gasteiger partial charge in [0.25, 0.3) is 0 Å². The highest BCUT2D eigenvalue weighted by Gasteiger charge is 2.14. The van der Waals surface area contributed by atoms with Gasteiger partial charge in [0.15, 0.2) is 5.13 Å². The van der Waals surface area contributed by atoms with E-state index in [0.717, 1.165) is 34.1 Å². The molecule has 1 aromatic carbocycles. The van der Waals surface area contributed by atoms with Crippen LogP contribution in [0, 0.1) is 6.92 Å². The summed E-state index contributed by atoms with van der Waals surface area (Å²) in [5, 5.41) is 19.1. The van der Waals surface area contributed by atoms with Crippen LogP contribution < -0.4 is 10.5 Å². The number of thiazole rings is 1. The Labute approximate surface area is 166 Å². The highest BCUT2D eigenvalue weighted by Crippen LogP contribution is 2.34. The molecular formula is C16H20N6O2S3. The fraction of sp³-hybridized carbons (Fsp3) is 0.312. The lowest BCUT2D eigenvalue weighted by atomic mass is 10.2. The van der Waals surface area contributed by atoms with Gasteiger partial charge in [0.1, 0.15) is 5.01 Å². The molecule has 0 unspecified atom stereocenters. The molecule has 27 heavy (non-hydrogen) atoms. The first-order valence-electron chi connectivity index (χ1n) is 8.07. The van der Waals surface area contributed by atoms with Gasteiger partial charge in [0.2, 0.25) is 15.2 Å². The van der Waals surface area contributed by atoms with Crippen LogP contribution in [0.5, 0.6) is 0 Å². The summed E-state index contributed by atoms with van der Waals surface area (Å²) < 4.78 is 22.8. The Hall–Kier alpha value is -1.92. The molecule has 0 saturated carbocycles. The van der Waals surface area contributed by atoms with Gasteiger partial charge in [-0.3, -0.25) is 0 Å². The van der Waals surface area contributed by atoms with E-state index in [1.807, 2.05) is 21.0 Å². The molecule has 2 heterocycles. The predicted molar refractivity (Wildman–Crippen MR) is 109 cm³/mol. The molecule has 0 saturated heterocycles. The largest absolute Gasteiger partial charge is 0.309 e. The molecule has 3 aromatic rings. The highest BCUT2D eigenvalue weighted by molar-refractivity contribution is 7.89. The number of nitrogens with zero attached hydrogens (tertiary/aromatic N) is 4. The monoisotopic (exact) mass is 424 g/mol. The summed E-state index contributed by atoms with van der Waals surface area (Å²) in [5.74, 6) is 0. The van der Waals surface area contributed by atoms with Crippen LogP contribution in [-0.4, -0.2) is 49.1 Å². The zero-order valence-electron chi connectivity index (χ0n) is 15.1. The van der Waals surface area contributed by atoms with E-state index in [9.17, 15) is 8.42 Å². The van der Waals surface area contributed by atoms with Crippen molar-refractivity contribution in [1.29, 1.82) is 0 Å². The Morgan fingerprint density at radius 2 is 1.81 bits per heavy atom. The van der Waals surface area contributed by atoms with Crippen molar-refractivity contribution in [3.8, 4) is 10.4 Å². The molecule has 0 aliphatic carbocycles. The van der Waals surface area contributed by atoms with E-state index >= 15 is 0 Å². The number of rotatable bonds is 7. The zero-order chi connectivity index (χ0) is 19.6. The van der Waals surface area contributed by atoms with Gasteiger partial charge in [-0.1, -0.05) is 34.8 Å². The van der Waals surface area contributed by atoms with Crippen molar-refractivity contribution in [2.75, 3.05) is 26.0 Å². The lowest BCUT2D eigenvalue weighted by molar-refractivity contribution is 0.413. The molecular weight excluding hydrogens is 404 g/mol. The van der Waals surface area contributed by atoms with Crippen LogP contribution in [0.1, 0.15) is 10.7 Å². The van der Waals surface area contributed by atoms with E-state index in [2.05, 4.69) is 25.4 Å². The number of nitrogens with two attached hydrogens (primary N) is 1. The number of hydrogen-bond donors (Lipinski definition) is 2. The van der Waals surface area contributed by atoms with E-state index in [0.29, 0.717) is 10.3 Å². The first kappa shape index (κ1) is 19.8. The minimum Gasteiger partial charge on any atom is -0.309 e. The number of aryl methyl sites for hydroxylation is 1. The van der Waals surface area contributed by atoms with Crippen LogP contribution in [0.3, 0.4) is 0 Å². The fourth-order valence-corrected chi connectivity index (χ4v) is 4.61. The number of likely N-dealkylation sites (N-methyl/N-ethyl adjacent to an activating group) is 1. The Kier molecular flexibility index (Phi) is 5.86. The molecule has 11 heteroatoms. The highest BCUT2D eigenvalue weighted by atomic mass is 32.2. The van der Waals surface area contributed by atoms with Crippen molar-refractivity contribution >= 4 is 43.0 Å². The summed E-state index contributed by atoms with van der Waals surface area (Å²) in [4.78, 5) is 7.68. The fourth-order valence-electron chi connectivity index (χ4n) is 2.33. The molecule has 8 nitrogen and oxygen atoms in total. The third-order valence-electron chi connectivity index (χ3n) is 3.70. The van der Waals surface area contributed by atoms with Crippen molar-refractivity contribution in [3.05, 3.63) is 35.0 Å². The van der Waals surface area contributed by atoms with Crippen LogP contribution in [0.2, 0.25) is 0 Å². The van der Waals surface area contributed by atoms with Crippen molar-refractivity contribution in [2.45, 2.75) is 18.2 Å². The van der Waals surface area contributed by atoms with Crippen LogP contribution in [-0.2, 0) is 16.4 Å². The summed E-state index contributed by atoms with van der Waals surface area (Å²) in [6.45, 7) is 2.83. The second-order valence-electron chi connectivity index (χ2n) is 6.18. The quantitative estimate of drug-likeness (QED) is 0.599. The second-order valence-corrected chi connectivity index (χ2v) is 9.80. The maximum absolute atomic E-state index is 11.4. The van der Waals surface area contributed by atoms with Crippen LogP contribution in [0.4, 0.5) is 10.3 Å². The maximum atomic E-state index is 11.4. The van der Waals surface area contributed by atoms with Crippen molar-refractivity contribution in [3.63, 3.8) is 0 Å². The van der Waals surface area contributed by atoms with Gasteiger partial charge in [-0.05, 0) is 38.7 Å². The van der Waals surface area contributed by atoms with Crippen LogP contribution >= 0.6 is 22.7 Å². The molecule has 0 atom stereocenters. The predicted octanol–water partition coefficient (Wildman–Crippen LogP) is 2.47. The average Bonchev–Trinajstić information content (AvgIpc) is 3.19. The molecule has 0 spiro atoms. The Morgan fingerprint density at radius 3 is 2.44 bits per heavy atom. The number of primary sulfonamides is 1. The van der Waals surface area contributed by atoms with E-state index in [1.54, 1.807) is 12.1 Å². The average molecular weight is 425 g/mol. The van der Waals surface area contributed by atoms with Gasteiger partial charge >= 0.3 is 0 Å². The number of sulfonamides is 1. The first-order valence-corrected chi connectivity index (χ1v) is 11.2. The van der Waals surface area contributed by atoms with Gasteiger partial charge in [-0.25, -0.2) is 18.5 Å². The van der Waals surface area contributed by atoms with Crippen LogP contribution in [0.15, 0.2) is 29.2 Å². The Morgan fingerprint density at radius 1 is 1.11 bits per heavy atom. The Balaban J connectivity index is 1.75. The minimum atomic E-state index is -3.70. The molecule has 3 N–H and O–H groups in total. The topological polar surface area (TPSA) is 114 Å². The lowest BCUT2D eigenvalue weighted by Gasteiger charge is -2.05. The summed E-state index contributed by atoms with van der Waals surface area (Å²) in [7, 11) is 0.350. The normalized spacial score (nSPS) is 11.9. The molecule has 3 rings (SSSR count). The van der Waals surface area contributed by atoms with Crippen LogP contribution in [0.25, 0.3) is 10.4 Å². The summed E-state index contributed by atoms with van der Waals surface area (Å²) in [6.07, 6.45) is 0.852. The van der Waals surface area contributed by atoms with Gasteiger partial charge in [0, 0.05) is 13.0 Å². The van der Waals surface area contributed by atoms with Gasteiger partial charge in [-0.15, -0.1) is 10.2 Å². The smallest absolute Gasteiger partial charge is 0.238 e. The number of benzene rings is 1. The Bertz CT molecular complexity index is 1020. The van der Waals surface area contributed by atoms with Gasteiger partial charge < -0.3 is 10.2 Å². The van der Waals surface area contributed by atoms with E-state index < -0.39 is 10.0 Å². The second kappa shape index (κ2) is 7.98. The summed E-state index contributed by atoms with van der Waals surface area (Å²) in [5.41, 5.74) is 1.73. The molecule has 0 bridgehead atoms. The number of anilines is 2. The SMILES string of the molecule is Cc1nc(Nc2nnc(CCN(C)C)s2)sc1-c1ccc(S(N)(=O)=O)cc1.